The molecular formula is C33H37ClN4O3S. The van der Waals surface area contributed by atoms with Crippen LogP contribution in [0.15, 0.2) is 84.0 Å². The van der Waals surface area contributed by atoms with E-state index in [0.717, 1.165) is 66.9 Å². The van der Waals surface area contributed by atoms with Crippen molar-refractivity contribution in [2.45, 2.75) is 43.4 Å². The molecule has 0 aliphatic carbocycles. The van der Waals surface area contributed by atoms with Gasteiger partial charge in [-0.15, -0.1) is 0 Å². The van der Waals surface area contributed by atoms with Gasteiger partial charge in [0.15, 0.2) is 0 Å². The summed E-state index contributed by atoms with van der Waals surface area (Å²) in [5.74, 6) is 0.545. The first-order chi connectivity index (χ1) is 20.3. The van der Waals surface area contributed by atoms with Crippen molar-refractivity contribution in [3.63, 3.8) is 0 Å². The van der Waals surface area contributed by atoms with E-state index < -0.39 is 10.0 Å². The number of piperidine rings is 1. The van der Waals surface area contributed by atoms with Gasteiger partial charge < -0.3 is 10.2 Å². The summed E-state index contributed by atoms with van der Waals surface area (Å²) in [6.45, 7) is 4.77. The van der Waals surface area contributed by atoms with Gasteiger partial charge in [-0.25, -0.2) is 13.1 Å². The lowest BCUT2D eigenvalue weighted by molar-refractivity contribution is -0.129. The number of hydrogen-bond donors (Lipinski definition) is 2. The zero-order valence-corrected chi connectivity index (χ0v) is 25.4. The summed E-state index contributed by atoms with van der Waals surface area (Å²) in [6.07, 6.45) is 7.04. The number of hydrogen-bond acceptors (Lipinski definition) is 5. The predicted molar refractivity (Wildman–Crippen MR) is 169 cm³/mol. The molecule has 4 aromatic rings. The first-order valence-corrected chi connectivity index (χ1v) is 16.4. The van der Waals surface area contributed by atoms with Crippen molar-refractivity contribution in [3.05, 3.63) is 95.3 Å². The van der Waals surface area contributed by atoms with E-state index in [1.54, 1.807) is 31.5 Å². The minimum Gasteiger partial charge on any atom is -0.343 e. The lowest BCUT2D eigenvalue weighted by Crippen LogP contribution is -2.36. The van der Waals surface area contributed by atoms with Crippen LogP contribution in [0.1, 0.15) is 43.2 Å². The molecule has 1 aromatic heterocycles. The highest BCUT2D eigenvalue weighted by molar-refractivity contribution is 7.89. The number of carbonyl (C=O) groups is 1. The molecule has 7 nitrogen and oxygen atoms in total. The van der Waals surface area contributed by atoms with Crippen molar-refractivity contribution in [2.24, 2.45) is 0 Å². The van der Waals surface area contributed by atoms with Crippen LogP contribution in [-0.2, 0) is 21.2 Å². The maximum absolute atomic E-state index is 13.4. The maximum atomic E-state index is 13.4. The fourth-order valence-corrected chi connectivity index (χ4v) is 7.22. The van der Waals surface area contributed by atoms with Crippen LogP contribution in [0.3, 0.4) is 0 Å². The molecule has 0 spiro atoms. The topological polar surface area (TPSA) is 91.4 Å². The van der Waals surface area contributed by atoms with Gasteiger partial charge in [0.25, 0.3) is 0 Å². The number of carbonyl (C=O) groups excluding carboxylic acids is 1. The van der Waals surface area contributed by atoms with Crippen molar-refractivity contribution < 1.29 is 13.2 Å². The smallest absolute Gasteiger partial charge is 0.241 e. The zero-order chi connectivity index (χ0) is 29.5. The number of pyridine rings is 1. The molecule has 0 atom stereocenters. The highest BCUT2D eigenvalue weighted by Crippen LogP contribution is 2.33. The third-order valence-corrected chi connectivity index (χ3v) is 9.73. The fourth-order valence-electron chi connectivity index (χ4n) is 5.75. The van der Waals surface area contributed by atoms with E-state index in [0.29, 0.717) is 17.8 Å². The number of fused-ring (bicyclic) bond motifs is 1. The lowest BCUT2D eigenvalue weighted by Gasteiger charge is -2.32. The van der Waals surface area contributed by atoms with E-state index >= 15 is 0 Å². The minimum atomic E-state index is -3.74. The molecular weight excluding hydrogens is 568 g/mol. The Morgan fingerprint density at radius 1 is 0.976 bits per heavy atom. The van der Waals surface area contributed by atoms with Gasteiger partial charge >= 0.3 is 0 Å². The van der Waals surface area contributed by atoms with E-state index in [2.05, 4.69) is 27.2 Å². The summed E-state index contributed by atoms with van der Waals surface area (Å²) >= 11 is 6.35. The number of rotatable bonds is 11. The van der Waals surface area contributed by atoms with Crippen LogP contribution in [0.25, 0.3) is 21.9 Å². The van der Waals surface area contributed by atoms with Crippen molar-refractivity contribution in [1.29, 1.82) is 0 Å². The van der Waals surface area contributed by atoms with Crippen LogP contribution >= 0.6 is 11.6 Å². The van der Waals surface area contributed by atoms with Crippen molar-refractivity contribution in [3.8, 4) is 11.1 Å². The molecule has 1 aliphatic heterocycles. The second kappa shape index (κ2) is 13.8. The molecule has 2 N–H and O–H groups in total. The highest BCUT2D eigenvalue weighted by atomic mass is 35.5. The predicted octanol–water partition coefficient (Wildman–Crippen LogP) is 5.78. The summed E-state index contributed by atoms with van der Waals surface area (Å²) in [5.41, 5.74) is 4.37. The number of aryl methyl sites for hydroxylation is 1. The van der Waals surface area contributed by atoms with Crippen molar-refractivity contribution in [2.75, 3.05) is 32.7 Å². The third kappa shape index (κ3) is 7.36. The molecule has 3 aromatic carbocycles. The molecule has 220 valence electrons. The number of benzene rings is 3. The minimum absolute atomic E-state index is 0.138. The quantitative estimate of drug-likeness (QED) is 0.212. The first-order valence-electron chi connectivity index (χ1n) is 14.5. The Morgan fingerprint density at radius 2 is 1.76 bits per heavy atom. The molecule has 0 radical (unpaired) electrons. The molecule has 0 bridgehead atoms. The number of nitrogens with one attached hydrogen (secondary N) is 2. The Labute approximate surface area is 253 Å². The fraction of sp³-hybridized carbons (Fsp3) is 0.333. The Balaban J connectivity index is 1.14. The summed E-state index contributed by atoms with van der Waals surface area (Å²) < 4.78 is 29.5. The molecule has 9 heteroatoms. The summed E-state index contributed by atoms with van der Waals surface area (Å²) in [6, 6.07) is 21.3. The van der Waals surface area contributed by atoms with Gasteiger partial charge in [-0.05, 0) is 90.7 Å². The number of sulfonamides is 1. The molecule has 1 amide bonds. The summed E-state index contributed by atoms with van der Waals surface area (Å²) in [4.78, 5) is 18.1. The second-order valence-electron chi connectivity index (χ2n) is 10.8. The second-order valence-corrected chi connectivity index (χ2v) is 13.0. The van der Waals surface area contributed by atoms with Crippen LogP contribution < -0.4 is 10.0 Å². The van der Waals surface area contributed by atoms with E-state index in [4.69, 9.17) is 11.6 Å². The summed E-state index contributed by atoms with van der Waals surface area (Å²) in [7, 11) is -3.74. The van der Waals surface area contributed by atoms with Gasteiger partial charge in [0.2, 0.25) is 15.9 Å². The molecule has 2 heterocycles. The third-order valence-electron chi connectivity index (χ3n) is 7.99. The average Bonchev–Trinajstić information content (AvgIpc) is 3.01. The largest absolute Gasteiger partial charge is 0.343 e. The zero-order valence-electron chi connectivity index (χ0n) is 23.9. The number of nitrogens with zero attached hydrogens (tertiary/aromatic N) is 2. The lowest BCUT2D eigenvalue weighted by atomic mass is 9.85. The number of amides is 1. The normalized spacial score (nSPS) is 14.4. The SMILES string of the molecule is CC(=O)N1CCC(c2cc(Cl)ccc2CCCNCCNS(=O)(=O)c2cc(-c3ccccc3)cc3cnccc23)CC1. The van der Waals surface area contributed by atoms with E-state index in [9.17, 15) is 13.2 Å². The average molecular weight is 605 g/mol. The van der Waals surface area contributed by atoms with E-state index in [1.165, 1.54) is 11.1 Å². The van der Waals surface area contributed by atoms with E-state index in [1.807, 2.05) is 47.4 Å². The van der Waals surface area contributed by atoms with Gasteiger partial charge in [0.05, 0.1) is 4.90 Å². The molecule has 1 fully saturated rings. The number of likely N-dealkylation sites (tertiary alicyclic amines) is 1. The monoisotopic (exact) mass is 604 g/mol. The Morgan fingerprint density at radius 3 is 2.52 bits per heavy atom. The molecule has 42 heavy (non-hydrogen) atoms. The molecule has 1 saturated heterocycles. The maximum Gasteiger partial charge on any atom is 0.241 e. The van der Waals surface area contributed by atoms with Gasteiger partial charge in [-0.3, -0.25) is 9.78 Å². The van der Waals surface area contributed by atoms with Crippen LogP contribution in [0.4, 0.5) is 0 Å². The van der Waals surface area contributed by atoms with Crippen molar-refractivity contribution in [1.82, 2.24) is 19.9 Å². The number of aromatic nitrogens is 1. The Kier molecular flexibility index (Phi) is 9.90. The first kappa shape index (κ1) is 30.2. The Bertz CT molecular complexity index is 1640. The van der Waals surface area contributed by atoms with Crippen LogP contribution in [0.2, 0.25) is 5.02 Å². The molecule has 0 unspecified atom stereocenters. The number of halogens is 1. The van der Waals surface area contributed by atoms with Crippen LogP contribution in [0, 0.1) is 0 Å². The van der Waals surface area contributed by atoms with Crippen LogP contribution in [0.5, 0.6) is 0 Å². The van der Waals surface area contributed by atoms with Crippen LogP contribution in [-0.4, -0.2) is 56.9 Å². The van der Waals surface area contributed by atoms with E-state index in [-0.39, 0.29) is 17.3 Å². The van der Waals surface area contributed by atoms with Crippen molar-refractivity contribution >= 4 is 38.3 Å². The van der Waals surface area contributed by atoms with Gasteiger partial charge in [-0.2, -0.15) is 0 Å². The standard InChI is InChI=1S/C33H37ClN4O3S/c1-24(39)38-18-12-27(13-19-38)32-22-30(34)10-9-26(32)8-5-14-35-16-17-37-42(40,41)33-21-28(25-6-3-2-4-7-25)20-29-23-36-15-11-31(29)33/h2-4,6-7,9-11,15,20-23,27,35,37H,5,8,12-14,16-19H2,1H3. The highest BCUT2D eigenvalue weighted by Gasteiger charge is 2.24. The molecule has 5 rings (SSSR count). The summed E-state index contributed by atoms with van der Waals surface area (Å²) in [5, 5.41) is 5.55. The molecule has 0 saturated carbocycles. The Hall–Kier alpha value is -3.30. The van der Waals surface area contributed by atoms with Gasteiger partial charge in [0, 0.05) is 61.3 Å². The van der Waals surface area contributed by atoms with Gasteiger partial charge in [0.1, 0.15) is 0 Å². The molecule has 1 aliphatic rings. The van der Waals surface area contributed by atoms with Gasteiger partial charge in [-0.1, -0.05) is 48.0 Å².